The van der Waals surface area contributed by atoms with Crippen LogP contribution in [0, 0.1) is 17.2 Å². The number of carbonyl (C=O) groups excluding carboxylic acids is 1. The predicted octanol–water partition coefficient (Wildman–Crippen LogP) is 2.64. The summed E-state index contributed by atoms with van der Waals surface area (Å²) in [6.45, 7) is 4.88. The van der Waals surface area contributed by atoms with Gasteiger partial charge in [-0.2, -0.15) is 9.57 Å². The first-order valence-corrected chi connectivity index (χ1v) is 11.9. The van der Waals surface area contributed by atoms with E-state index in [4.69, 9.17) is 4.74 Å². The van der Waals surface area contributed by atoms with Crippen molar-refractivity contribution in [3.05, 3.63) is 65.7 Å². The summed E-state index contributed by atoms with van der Waals surface area (Å²) < 4.78 is 32.9. The molecule has 0 radical (unpaired) electrons. The first-order chi connectivity index (χ1) is 14.8. The van der Waals surface area contributed by atoms with Crippen molar-refractivity contribution >= 4 is 15.9 Å². The Kier molecular flexibility index (Phi) is 7.31. The third kappa shape index (κ3) is 5.63. The third-order valence-corrected chi connectivity index (χ3v) is 7.10. The molecule has 1 saturated heterocycles. The number of piperazine rings is 1. The van der Waals surface area contributed by atoms with Crippen LogP contribution in [0.1, 0.15) is 25.0 Å². The zero-order valence-electron chi connectivity index (χ0n) is 17.8. The maximum Gasteiger partial charge on any atom is 0.264 e. The van der Waals surface area contributed by atoms with Crippen LogP contribution in [0.3, 0.4) is 0 Å². The van der Waals surface area contributed by atoms with Crippen molar-refractivity contribution in [2.45, 2.75) is 25.7 Å². The molecule has 0 aromatic heterocycles. The highest BCUT2D eigenvalue weighted by Crippen LogP contribution is 2.23. The van der Waals surface area contributed by atoms with Gasteiger partial charge in [-0.15, -0.1) is 0 Å². The smallest absolute Gasteiger partial charge is 0.264 e. The molecule has 0 bridgehead atoms. The van der Waals surface area contributed by atoms with Crippen LogP contribution in [-0.4, -0.2) is 55.8 Å². The Labute approximate surface area is 183 Å². The zero-order valence-corrected chi connectivity index (χ0v) is 18.6. The third-order valence-electron chi connectivity index (χ3n) is 5.25. The van der Waals surface area contributed by atoms with Crippen LogP contribution in [0.2, 0.25) is 0 Å². The summed E-state index contributed by atoms with van der Waals surface area (Å²) in [6, 6.07) is 18.0. The Bertz CT molecular complexity index is 1040. The van der Waals surface area contributed by atoms with Gasteiger partial charge in [-0.25, -0.2) is 8.42 Å². The maximum atomic E-state index is 13.1. The SMILES string of the molecule is CC(C)C(Oc1ccccc1C#N)C(=O)N1CCN(S(=O)(=O)Cc2ccccc2)CC1. The van der Waals surface area contributed by atoms with E-state index in [9.17, 15) is 18.5 Å². The van der Waals surface area contributed by atoms with Gasteiger partial charge in [-0.1, -0.05) is 56.3 Å². The van der Waals surface area contributed by atoms with Crippen molar-refractivity contribution in [3.8, 4) is 11.8 Å². The molecule has 0 spiro atoms. The van der Waals surface area contributed by atoms with Crippen molar-refractivity contribution < 1.29 is 17.9 Å². The highest BCUT2D eigenvalue weighted by atomic mass is 32.2. The molecule has 8 heteroatoms. The molecule has 1 atom stereocenters. The Hall–Kier alpha value is -2.89. The second kappa shape index (κ2) is 9.94. The lowest BCUT2D eigenvalue weighted by molar-refractivity contribution is -0.141. The number of nitriles is 1. The fraction of sp³-hybridized carbons (Fsp3) is 0.391. The van der Waals surface area contributed by atoms with Gasteiger partial charge in [0.05, 0.1) is 11.3 Å². The van der Waals surface area contributed by atoms with Gasteiger partial charge in [-0.05, 0) is 23.6 Å². The summed E-state index contributed by atoms with van der Waals surface area (Å²) >= 11 is 0. The van der Waals surface area contributed by atoms with Gasteiger partial charge in [0.1, 0.15) is 11.8 Å². The van der Waals surface area contributed by atoms with Crippen LogP contribution in [0.15, 0.2) is 54.6 Å². The lowest BCUT2D eigenvalue weighted by Crippen LogP contribution is -2.54. The number of carbonyl (C=O) groups is 1. The molecule has 0 N–H and O–H groups in total. The van der Waals surface area contributed by atoms with Crippen molar-refractivity contribution in [2.24, 2.45) is 5.92 Å². The molecule has 1 fully saturated rings. The average molecular weight is 442 g/mol. The normalized spacial score (nSPS) is 16.0. The summed E-state index contributed by atoms with van der Waals surface area (Å²) in [5.41, 5.74) is 1.11. The lowest BCUT2D eigenvalue weighted by atomic mass is 10.1. The number of amides is 1. The van der Waals surface area contributed by atoms with E-state index in [1.54, 1.807) is 41.3 Å². The number of ether oxygens (including phenoxy) is 1. The molecule has 1 aliphatic heterocycles. The maximum absolute atomic E-state index is 13.1. The number of sulfonamides is 1. The highest BCUT2D eigenvalue weighted by Gasteiger charge is 2.34. The molecule has 2 aromatic rings. The van der Waals surface area contributed by atoms with E-state index in [-0.39, 0.29) is 30.7 Å². The summed E-state index contributed by atoms with van der Waals surface area (Å²) in [6.07, 6.45) is -0.748. The molecule has 1 heterocycles. The fourth-order valence-corrected chi connectivity index (χ4v) is 5.03. The summed E-state index contributed by atoms with van der Waals surface area (Å²) in [4.78, 5) is 14.8. The largest absolute Gasteiger partial charge is 0.479 e. The number of benzene rings is 2. The van der Waals surface area contributed by atoms with Crippen LogP contribution in [0.4, 0.5) is 0 Å². The quantitative estimate of drug-likeness (QED) is 0.659. The molecule has 31 heavy (non-hydrogen) atoms. The fourth-order valence-electron chi connectivity index (χ4n) is 3.51. The van der Waals surface area contributed by atoms with Crippen LogP contribution in [0.5, 0.6) is 5.75 Å². The van der Waals surface area contributed by atoms with E-state index in [2.05, 4.69) is 6.07 Å². The molecule has 0 saturated carbocycles. The minimum atomic E-state index is -3.45. The van der Waals surface area contributed by atoms with Gasteiger partial charge in [0.2, 0.25) is 10.0 Å². The van der Waals surface area contributed by atoms with Crippen molar-refractivity contribution in [1.82, 2.24) is 9.21 Å². The second-order valence-corrected chi connectivity index (χ2v) is 9.83. The summed E-state index contributed by atoms with van der Waals surface area (Å²) in [5.74, 6) is 0.0212. The van der Waals surface area contributed by atoms with Gasteiger partial charge in [0, 0.05) is 26.2 Å². The van der Waals surface area contributed by atoms with Gasteiger partial charge >= 0.3 is 0 Å². The Morgan fingerprint density at radius 2 is 1.65 bits per heavy atom. The van der Waals surface area contributed by atoms with Crippen molar-refractivity contribution in [3.63, 3.8) is 0 Å². The number of rotatable bonds is 7. The standard InChI is InChI=1S/C23H27N3O4S/c1-18(2)22(30-21-11-7-6-10-20(21)16-24)23(27)25-12-14-26(15-13-25)31(28,29)17-19-8-4-3-5-9-19/h3-11,18,22H,12-15,17H2,1-2H3. The Morgan fingerprint density at radius 1 is 1.03 bits per heavy atom. The molecule has 2 aromatic carbocycles. The minimum absolute atomic E-state index is 0.0511. The number of hydrogen-bond donors (Lipinski definition) is 0. The van der Waals surface area contributed by atoms with Gasteiger partial charge in [0.15, 0.2) is 6.10 Å². The molecule has 1 unspecified atom stereocenters. The van der Waals surface area contributed by atoms with Crippen molar-refractivity contribution in [2.75, 3.05) is 26.2 Å². The summed E-state index contributed by atoms with van der Waals surface area (Å²) in [5, 5.41) is 9.28. The Morgan fingerprint density at radius 3 is 2.26 bits per heavy atom. The van der Waals surface area contributed by atoms with Gasteiger partial charge in [-0.3, -0.25) is 4.79 Å². The van der Waals surface area contributed by atoms with Crippen LogP contribution in [-0.2, 0) is 20.6 Å². The first-order valence-electron chi connectivity index (χ1n) is 10.3. The number of hydrogen-bond acceptors (Lipinski definition) is 5. The molecular weight excluding hydrogens is 414 g/mol. The monoisotopic (exact) mass is 441 g/mol. The minimum Gasteiger partial charge on any atom is -0.479 e. The zero-order chi connectivity index (χ0) is 22.4. The molecule has 1 amide bonds. The van der Waals surface area contributed by atoms with E-state index < -0.39 is 16.1 Å². The number of para-hydroxylation sites is 1. The second-order valence-electron chi connectivity index (χ2n) is 7.86. The number of nitrogens with zero attached hydrogens (tertiary/aromatic N) is 3. The molecule has 3 rings (SSSR count). The molecular formula is C23H27N3O4S. The van der Waals surface area contributed by atoms with Gasteiger partial charge < -0.3 is 9.64 Å². The molecule has 7 nitrogen and oxygen atoms in total. The Balaban J connectivity index is 1.64. The molecule has 1 aliphatic rings. The highest BCUT2D eigenvalue weighted by molar-refractivity contribution is 7.88. The molecule has 164 valence electrons. The van der Waals surface area contributed by atoms with E-state index in [1.807, 2.05) is 32.0 Å². The average Bonchev–Trinajstić information content (AvgIpc) is 2.77. The van der Waals surface area contributed by atoms with Gasteiger partial charge in [0.25, 0.3) is 5.91 Å². The first kappa shape index (κ1) is 22.8. The van der Waals surface area contributed by atoms with E-state index >= 15 is 0 Å². The van der Waals surface area contributed by atoms with E-state index in [0.717, 1.165) is 5.56 Å². The predicted molar refractivity (Wildman–Crippen MR) is 118 cm³/mol. The lowest BCUT2D eigenvalue weighted by Gasteiger charge is -2.36. The van der Waals surface area contributed by atoms with Crippen LogP contribution >= 0.6 is 0 Å². The van der Waals surface area contributed by atoms with E-state index in [1.165, 1.54) is 4.31 Å². The van der Waals surface area contributed by atoms with E-state index in [0.29, 0.717) is 24.4 Å². The van der Waals surface area contributed by atoms with Crippen molar-refractivity contribution in [1.29, 1.82) is 5.26 Å². The summed E-state index contributed by atoms with van der Waals surface area (Å²) in [7, 11) is -3.45. The topological polar surface area (TPSA) is 90.7 Å². The van der Waals surface area contributed by atoms with Crippen LogP contribution in [0.25, 0.3) is 0 Å². The molecule has 0 aliphatic carbocycles. The van der Waals surface area contributed by atoms with Crippen LogP contribution < -0.4 is 4.74 Å².